The molecule has 33 heavy (non-hydrogen) atoms. The minimum absolute atomic E-state index is 0.0680. The first kappa shape index (κ1) is 25.0. The minimum Gasteiger partial charge on any atom is -0.508 e. The van der Waals surface area contributed by atoms with Crippen LogP contribution in [0.1, 0.15) is 71.2 Å². The molecule has 6 nitrogen and oxygen atoms in total. The van der Waals surface area contributed by atoms with E-state index in [0.29, 0.717) is 30.4 Å². The van der Waals surface area contributed by atoms with Gasteiger partial charge in [0, 0.05) is 23.3 Å². The molecule has 0 amide bonds. The quantitative estimate of drug-likeness (QED) is 0.370. The fourth-order valence-corrected chi connectivity index (χ4v) is 5.42. The summed E-state index contributed by atoms with van der Waals surface area (Å²) in [5.74, 6) is -1.33. The number of hydrogen-bond acceptors (Lipinski definition) is 6. The highest BCUT2D eigenvalue weighted by Crippen LogP contribution is 2.58. The molecule has 0 spiro atoms. The van der Waals surface area contributed by atoms with Crippen LogP contribution in [0.2, 0.25) is 0 Å². The van der Waals surface area contributed by atoms with Gasteiger partial charge in [0.1, 0.15) is 18.0 Å². The summed E-state index contributed by atoms with van der Waals surface area (Å²) in [6.07, 6.45) is 4.14. The summed E-state index contributed by atoms with van der Waals surface area (Å²) in [5, 5.41) is 21.4. The van der Waals surface area contributed by atoms with Crippen molar-refractivity contribution >= 4 is 11.9 Å². The first-order chi connectivity index (χ1) is 15.4. The van der Waals surface area contributed by atoms with Crippen molar-refractivity contribution < 1.29 is 29.3 Å². The number of carbonyl (C=O) groups excluding carboxylic acids is 2. The molecule has 0 aromatic heterocycles. The fraction of sp³-hybridized carbons (Fsp3) is 0.556. The number of rotatable bonds is 5. The van der Waals surface area contributed by atoms with Crippen molar-refractivity contribution in [3.8, 4) is 5.75 Å². The predicted octanol–water partition coefficient (Wildman–Crippen LogP) is 4.95. The molecule has 2 N–H and O–H groups in total. The Bertz CT molecular complexity index is 959. The average molecular weight is 457 g/mol. The number of aromatic hydroxyl groups is 1. The van der Waals surface area contributed by atoms with Gasteiger partial charge in [0.25, 0.3) is 0 Å². The van der Waals surface area contributed by atoms with E-state index in [-0.39, 0.29) is 17.6 Å². The van der Waals surface area contributed by atoms with Gasteiger partial charge in [0.05, 0.1) is 11.2 Å². The molecule has 180 valence electrons. The lowest BCUT2D eigenvalue weighted by atomic mass is 9.66. The number of aliphatic hydroxyl groups is 1. The second kappa shape index (κ2) is 9.34. The highest BCUT2D eigenvalue weighted by molar-refractivity contribution is 5.89. The topological polar surface area (TPSA) is 93.1 Å². The Balaban J connectivity index is 2.01. The highest BCUT2D eigenvalue weighted by atomic mass is 16.6. The molecule has 0 radical (unpaired) electrons. The van der Waals surface area contributed by atoms with Crippen LogP contribution >= 0.6 is 0 Å². The zero-order valence-corrected chi connectivity index (χ0v) is 20.4. The monoisotopic (exact) mass is 456 g/mol. The van der Waals surface area contributed by atoms with Crippen LogP contribution < -0.4 is 0 Å². The number of ether oxygens (including phenoxy) is 2. The molecule has 2 aliphatic carbocycles. The standard InChI is InChI=1S/C27H36O6/c1-7-18(5)24(29)33-22-15-17(4)14-21(32-25(30)19-8-10-20(28)11-9-19)23-26(22,6)12-13-27(23,31)16(2)3/h7-11,15-16,21-23,28,31H,12-14H2,1-6H3/t21-,22-,23+,26-,27+/m1/s1. The molecule has 6 heteroatoms. The number of phenols is 1. The molecule has 1 aromatic carbocycles. The molecule has 0 aliphatic heterocycles. The maximum absolute atomic E-state index is 13.0. The zero-order chi connectivity index (χ0) is 24.6. The summed E-state index contributed by atoms with van der Waals surface area (Å²) in [7, 11) is 0. The van der Waals surface area contributed by atoms with Crippen molar-refractivity contribution in [2.75, 3.05) is 0 Å². The van der Waals surface area contributed by atoms with E-state index in [1.807, 2.05) is 33.8 Å². The first-order valence-corrected chi connectivity index (χ1v) is 11.7. The third-order valence-corrected chi connectivity index (χ3v) is 7.64. The van der Waals surface area contributed by atoms with Gasteiger partial charge in [-0.2, -0.15) is 0 Å². The maximum atomic E-state index is 13.0. The van der Waals surface area contributed by atoms with Crippen LogP contribution in [0.3, 0.4) is 0 Å². The van der Waals surface area contributed by atoms with Gasteiger partial charge in [-0.1, -0.05) is 32.4 Å². The minimum atomic E-state index is -1.08. The van der Waals surface area contributed by atoms with Crippen molar-refractivity contribution in [2.45, 2.75) is 78.6 Å². The Labute approximate surface area is 196 Å². The Hall–Kier alpha value is -2.60. The molecule has 0 saturated heterocycles. The van der Waals surface area contributed by atoms with Crippen molar-refractivity contribution in [3.05, 3.63) is 53.1 Å². The van der Waals surface area contributed by atoms with E-state index in [4.69, 9.17) is 9.47 Å². The Morgan fingerprint density at radius 1 is 1.15 bits per heavy atom. The lowest BCUT2D eigenvalue weighted by Crippen LogP contribution is -2.53. The van der Waals surface area contributed by atoms with Gasteiger partial charge in [-0.15, -0.1) is 0 Å². The Kier molecular flexibility index (Phi) is 7.08. The maximum Gasteiger partial charge on any atom is 0.338 e. The third-order valence-electron chi connectivity index (χ3n) is 7.64. The summed E-state index contributed by atoms with van der Waals surface area (Å²) in [6.45, 7) is 11.4. The fourth-order valence-electron chi connectivity index (χ4n) is 5.42. The van der Waals surface area contributed by atoms with Crippen LogP contribution in [0.4, 0.5) is 0 Å². The number of allylic oxidation sites excluding steroid dienone is 1. The Morgan fingerprint density at radius 2 is 1.79 bits per heavy atom. The van der Waals surface area contributed by atoms with E-state index in [1.165, 1.54) is 24.3 Å². The smallest absolute Gasteiger partial charge is 0.338 e. The molecule has 0 bridgehead atoms. The predicted molar refractivity (Wildman–Crippen MR) is 126 cm³/mol. The van der Waals surface area contributed by atoms with Crippen molar-refractivity contribution in [2.24, 2.45) is 17.3 Å². The second-order valence-electron chi connectivity index (χ2n) is 10.1. The first-order valence-electron chi connectivity index (χ1n) is 11.7. The van der Waals surface area contributed by atoms with E-state index in [0.717, 1.165) is 5.57 Å². The molecular formula is C27H36O6. The van der Waals surface area contributed by atoms with E-state index < -0.39 is 35.1 Å². The molecule has 1 fully saturated rings. The molecule has 3 rings (SSSR count). The van der Waals surface area contributed by atoms with Gasteiger partial charge in [-0.3, -0.25) is 0 Å². The van der Waals surface area contributed by atoms with Crippen molar-refractivity contribution in [1.29, 1.82) is 0 Å². The number of hydrogen-bond donors (Lipinski definition) is 2. The molecule has 5 atom stereocenters. The summed E-state index contributed by atoms with van der Waals surface area (Å²) < 4.78 is 12.0. The van der Waals surface area contributed by atoms with Gasteiger partial charge in [0.2, 0.25) is 0 Å². The van der Waals surface area contributed by atoms with Crippen LogP contribution in [0.25, 0.3) is 0 Å². The van der Waals surface area contributed by atoms with Crippen molar-refractivity contribution in [3.63, 3.8) is 0 Å². The zero-order valence-electron chi connectivity index (χ0n) is 20.4. The number of esters is 2. The van der Waals surface area contributed by atoms with Crippen LogP contribution in [-0.2, 0) is 14.3 Å². The lowest BCUT2D eigenvalue weighted by molar-refractivity contribution is -0.159. The number of carbonyl (C=O) groups is 2. The largest absolute Gasteiger partial charge is 0.508 e. The van der Waals surface area contributed by atoms with E-state index >= 15 is 0 Å². The molecule has 1 aromatic rings. The van der Waals surface area contributed by atoms with Gasteiger partial charge < -0.3 is 19.7 Å². The SMILES string of the molecule is CC=C(C)C(=O)O[C@@H]1C=C(C)C[C@@H](OC(=O)c2ccc(O)cc2)[C@H]2[C@]1(C)CC[C@]2(O)C(C)C. The third kappa shape index (κ3) is 4.72. The van der Waals surface area contributed by atoms with Crippen LogP contribution in [0.15, 0.2) is 47.6 Å². The Morgan fingerprint density at radius 3 is 2.36 bits per heavy atom. The number of phenolic OH excluding ortho intramolecular Hbond substituents is 1. The van der Waals surface area contributed by atoms with Crippen LogP contribution in [-0.4, -0.2) is 40.0 Å². The van der Waals surface area contributed by atoms with Crippen LogP contribution in [0, 0.1) is 17.3 Å². The van der Waals surface area contributed by atoms with Gasteiger partial charge >= 0.3 is 11.9 Å². The normalized spacial score (nSPS) is 32.1. The number of benzene rings is 1. The van der Waals surface area contributed by atoms with Crippen LogP contribution in [0.5, 0.6) is 5.75 Å². The van der Waals surface area contributed by atoms with Gasteiger partial charge in [-0.25, -0.2) is 9.59 Å². The van der Waals surface area contributed by atoms with E-state index in [2.05, 4.69) is 0 Å². The van der Waals surface area contributed by atoms with Gasteiger partial charge in [0.15, 0.2) is 0 Å². The molecule has 0 heterocycles. The average Bonchev–Trinajstić information content (AvgIpc) is 3.00. The summed E-state index contributed by atoms with van der Waals surface area (Å²) >= 11 is 0. The van der Waals surface area contributed by atoms with Gasteiger partial charge in [-0.05, 0) is 69.9 Å². The molecular weight excluding hydrogens is 420 g/mol. The summed E-state index contributed by atoms with van der Waals surface area (Å²) in [6, 6.07) is 5.92. The molecule has 2 aliphatic rings. The summed E-state index contributed by atoms with van der Waals surface area (Å²) in [5.41, 5.74) is 0.112. The van der Waals surface area contributed by atoms with E-state index in [9.17, 15) is 19.8 Å². The van der Waals surface area contributed by atoms with E-state index in [1.54, 1.807) is 19.9 Å². The summed E-state index contributed by atoms with van der Waals surface area (Å²) in [4.78, 5) is 25.7. The number of fused-ring (bicyclic) bond motifs is 1. The lowest BCUT2D eigenvalue weighted by Gasteiger charge is -2.45. The molecule has 0 unspecified atom stereocenters. The molecule has 1 saturated carbocycles. The van der Waals surface area contributed by atoms with Crippen molar-refractivity contribution in [1.82, 2.24) is 0 Å². The highest BCUT2D eigenvalue weighted by Gasteiger charge is 2.63. The second-order valence-corrected chi connectivity index (χ2v) is 10.1.